The van der Waals surface area contributed by atoms with Gasteiger partial charge in [0.1, 0.15) is 18.5 Å². The molecular formula is C16H24BrNO2. The first-order valence-corrected chi connectivity index (χ1v) is 8.13. The Labute approximate surface area is 129 Å². The quantitative estimate of drug-likeness (QED) is 0.763. The van der Waals surface area contributed by atoms with Crippen LogP contribution in [0, 0.1) is 18.8 Å². The molecule has 2 rings (SSSR count). The van der Waals surface area contributed by atoms with Gasteiger partial charge in [0.25, 0.3) is 0 Å². The number of aliphatic hydroxyl groups excluding tert-OH is 1. The molecule has 1 saturated carbocycles. The van der Waals surface area contributed by atoms with Crippen molar-refractivity contribution < 1.29 is 9.84 Å². The van der Waals surface area contributed by atoms with Crippen LogP contribution in [0.3, 0.4) is 0 Å². The van der Waals surface area contributed by atoms with Crippen LogP contribution in [0.4, 0.5) is 0 Å². The van der Waals surface area contributed by atoms with E-state index in [-0.39, 0.29) is 0 Å². The summed E-state index contributed by atoms with van der Waals surface area (Å²) in [6.07, 6.45) is 2.26. The van der Waals surface area contributed by atoms with E-state index in [0.717, 1.165) is 28.6 Å². The molecule has 1 aromatic rings. The second-order valence-corrected chi connectivity index (χ2v) is 6.73. The Hall–Kier alpha value is -0.580. The Morgan fingerprint density at radius 1 is 1.40 bits per heavy atom. The first kappa shape index (κ1) is 15.8. The normalized spacial score (nSPS) is 17.8. The number of hydrogen-bond donors (Lipinski definition) is 2. The van der Waals surface area contributed by atoms with E-state index >= 15 is 0 Å². The maximum Gasteiger partial charge on any atom is 0.133 e. The van der Waals surface area contributed by atoms with Gasteiger partial charge in [0.05, 0.1) is 4.47 Å². The monoisotopic (exact) mass is 341 g/mol. The summed E-state index contributed by atoms with van der Waals surface area (Å²) in [6.45, 7) is 6.19. The molecule has 0 amide bonds. The third kappa shape index (κ3) is 5.08. The molecule has 3 nitrogen and oxygen atoms in total. The first-order chi connectivity index (χ1) is 9.56. The summed E-state index contributed by atoms with van der Waals surface area (Å²) in [7, 11) is 0. The fourth-order valence-electron chi connectivity index (χ4n) is 2.28. The number of aryl methyl sites for hydroxylation is 1. The van der Waals surface area contributed by atoms with Crippen molar-refractivity contribution in [3.05, 3.63) is 28.2 Å². The molecule has 1 aliphatic carbocycles. The summed E-state index contributed by atoms with van der Waals surface area (Å²) in [6, 6.07) is 5.94. The second kappa shape index (κ2) is 7.43. The maximum atomic E-state index is 9.92. The number of benzene rings is 1. The highest BCUT2D eigenvalue weighted by Gasteiger charge is 2.27. The lowest BCUT2D eigenvalue weighted by molar-refractivity contribution is 0.105. The number of rotatable bonds is 8. The molecule has 0 radical (unpaired) electrons. The fourth-order valence-corrected chi connectivity index (χ4v) is 2.89. The zero-order valence-electron chi connectivity index (χ0n) is 12.2. The van der Waals surface area contributed by atoms with E-state index in [1.807, 2.05) is 25.1 Å². The van der Waals surface area contributed by atoms with Gasteiger partial charge in [0, 0.05) is 6.54 Å². The summed E-state index contributed by atoms with van der Waals surface area (Å²) < 4.78 is 6.56. The standard InChI is InChI=1S/C16H24BrNO2/c1-11-3-6-16(15(17)7-11)20-10-14(19)9-18-8-12(2)13-4-5-13/h3,6-7,12-14,18-19H,4-5,8-10H2,1-2H3. The highest BCUT2D eigenvalue weighted by Crippen LogP contribution is 2.36. The van der Waals surface area contributed by atoms with Crippen molar-refractivity contribution in [2.75, 3.05) is 19.7 Å². The molecule has 0 aromatic heterocycles. The van der Waals surface area contributed by atoms with E-state index in [0.29, 0.717) is 13.2 Å². The van der Waals surface area contributed by atoms with Crippen LogP contribution in [0.2, 0.25) is 0 Å². The van der Waals surface area contributed by atoms with Crippen molar-refractivity contribution in [2.45, 2.75) is 32.8 Å². The van der Waals surface area contributed by atoms with E-state index in [1.165, 1.54) is 18.4 Å². The zero-order valence-corrected chi connectivity index (χ0v) is 13.8. The Balaban J connectivity index is 1.65. The molecule has 1 aromatic carbocycles. The highest BCUT2D eigenvalue weighted by atomic mass is 79.9. The Morgan fingerprint density at radius 2 is 2.15 bits per heavy atom. The topological polar surface area (TPSA) is 41.5 Å². The van der Waals surface area contributed by atoms with Crippen molar-refractivity contribution in [1.82, 2.24) is 5.32 Å². The van der Waals surface area contributed by atoms with Gasteiger partial charge in [0.15, 0.2) is 0 Å². The lowest BCUT2D eigenvalue weighted by Gasteiger charge is -2.16. The molecule has 0 heterocycles. The number of nitrogens with one attached hydrogen (secondary N) is 1. The number of ether oxygens (including phenoxy) is 1. The molecule has 1 aliphatic rings. The van der Waals surface area contributed by atoms with Crippen LogP contribution in [0.5, 0.6) is 5.75 Å². The molecule has 112 valence electrons. The van der Waals surface area contributed by atoms with E-state index in [2.05, 4.69) is 28.2 Å². The second-order valence-electron chi connectivity index (χ2n) is 5.87. The largest absolute Gasteiger partial charge is 0.490 e. The van der Waals surface area contributed by atoms with E-state index in [1.54, 1.807) is 0 Å². The number of hydrogen-bond acceptors (Lipinski definition) is 3. The van der Waals surface area contributed by atoms with Gasteiger partial charge in [-0.15, -0.1) is 0 Å². The lowest BCUT2D eigenvalue weighted by Crippen LogP contribution is -2.34. The summed E-state index contributed by atoms with van der Waals surface area (Å²) in [5.74, 6) is 2.40. The van der Waals surface area contributed by atoms with E-state index < -0.39 is 6.10 Å². The SMILES string of the molecule is Cc1ccc(OCC(O)CNCC(C)C2CC2)c(Br)c1. The van der Waals surface area contributed by atoms with Crippen LogP contribution in [-0.2, 0) is 0 Å². The van der Waals surface area contributed by atoms with Crippen LogP contribution >= 0.6 is 15.9 Å². The van der Waals surface area contributed by atoms with Gasteiger partial charge in [-0.05, 0) is 71.8 Å². The summed E-state index contributed by atoms with van der Waals surface area (Å²) >= 11 is 3.47. The highest BCUT2D eigenvalue weighted by molar-refractivity contribution is 9.10. The van der Waals surface area contributed by atoms with Crippen molar-refractivity contribution in [3.8, 4) is 5.75 Å². The minimum Gasteiger partial charge on any atom is -0.490 e. The molecule has 0 bridgehead atoms. The van der Waals surface area contributed by atoms with Crippen LogP contribution in [0.25, 0.3) is 0 Å². The van der Waals surface area contributed by atoms with Gasteiger partial charge >= 0.3 is 0 Å². The number of aliphatic hydroxyl groups is 1. The Kier molecular flexibility index (Phi) is 5.87. The van der Waals surface area contributed by atoms with Crippen molar-refractivity contribution in [1.29, 1.82) is 0 Å². The Bertz CT molecular complexity index is 434. The maximum absolute atomic E-state index is 9.92. The average Bonchev–Trinajstić information content (AvgIpc) is 3.22. The van der Waals surface area contributed by atoms with Crippen LogP contribution in [0.15, 0.2) is 22.7 Å². The minimum absolute atomic E-state index is 0.312. The molecule has 2 N–H and O–H groups in total. The molecule has 2 unspecified atom stereocenters. The molecule has 20 heavy (non-hydrogen) atoms. The molecule has 2 atom stereocenters. The van der Waals surface area contributed by atoms with Crippen molar-refractivity contribution in [3.63, 3.8) is 0 Å². The van der Waals surface area contributed by atoms with Gasteiger partial charge in [-0.1, -0.05) is 13.0 Å². The van der Waals surface area contributed by atoms with Crippen LogP contribution in [0.1, 0.15) is 25.3 Å². The molecule has 0 saturated heterocycles. The number of halogens is 1. The molecule has 1 fully saturated rings. The van der Waals surface area contributed by atoms with Crippen LogP contribution in [-0.4, -0.2) is 30.9 Å². The third-order valence-electron chi connectivity index (χ3n) is 3.79. The van der Waals surface area contributed by atoms with Gasteiger partial charge in [-0.3, -0.25) is 0 Å². The molecule has 4 heteroatoms. The van der Waals surface area contributed by atoms with E-state index in [4.69, 9.17) is 4.74 Å². The molecule has 0 spiro atoms. The van der Waals surface area contributed by atoms with Crippen molar-refractivity contribution >= 4 is 15.9 Å². The van der Waals surface area contributed by atoms with Gasteiger partial charge in [-0.2, -0.15) is 0 Å². The van der Waals surface area contributed by atoms with E-state index in [9.17, 15) is 5.11 Å². The van der Waals surface area contributed by atoms with Gasteiger partial charge in [0.2, 0.25) is 0 Å². The van der Waals surface area contributed by atoms with Gasteiger partial charge in [-0.25, -0.2) is 0 Å². The predicted molar refractivity (Wildman–Crippen MR) is 85.1 cm³/mol. The smallest absolute Gasteiger partial charge is 0.133 e. The lowest BCUT2D eigenvalue weighted by atomic mass is 10.1. The zero-order chi connectivity index (χ0) is 14.5. The fraction of sp³-hybridized carbons (Fsp3) is 0.625. The summed E-state index contributed by atoms with van der Waals surface area (Å²) in [5.41, 5.74) is 1.18. The summed E-state index contributed by atoms with van der Waals surface area (Å²) in [4.78, 5) is 0. The first-order valence-electron chi connectivity index (χ1n) is 7.34. The van der Waals surface area contributed by atoms with Crippen LogP contribution < -0.4 is 10.1 Å². The average molecular weight is 342 g/mol. The minimum atomic E-state index is -0.477. The predicted octanol–water partition coefficient (Wildman–Crippen LogP) is 3.13. The Morgan fingerprint density at radius 3 is 2.80 bits per heavy atom. The molecular weight excluding hydrogens is 318 g/mol. The molecule has 0 aliphatic heterocycles. The van der Waals surface area contributed by atoms with Gasteiger partial charge < -0.3 is 15.2 Å². The third-order valence-corrected chi connectivity index (χ3v) is 4.41. The van der Waals surface area contributed by atoms with Crippen molar-refractivity contribution in [2.24, 2.45) is 11.8 Å². The summed E-state index contributed by atoms with van der Waals surface area (Å²) in [5, 5.41) is 13.2.